The molecule has 2 amide bonds. The summed E-state index contributed by atoms with van der Waals surface area (Å²) < 4.78 is 0. The van der Waals surface area contributed by atoms with E-state index in [1.54, 1.807) is 0 Å². The fourth-order valence-electron chi connectivity index (χ4n) is 7.35. The summed E-state index contributed by atoms with van der Waals surface area (Å²) in [7, 11) is 0. The molecule has 0 atom stereocenters. The Morgan fingerprint density at radius 1 is 0.759 bits per heavy atom. The third-order valence-electron chi connectivity index (χ3n) is 8.00. The van der Waals surface area contributed by atoms with Crippen LogP contribution in [0.4, 0.5) is 5.69 Å². The molecule has 3 nitrogen and oxygen atoms in total. The van der Waals surface area contributed by atoms with E-state index in [0.29, 0.717) is 16.8 Å². The first-order valence-electron chi connectivity index (χ1n) is 11.0. The van der Waals surface area contributed by atoms with Gasteiger partial charge in [0.05, 0.1) is 16.8 Å². The topological polar surface area (TPSA) is 37.4 Å². The molecule has 0 radical (unpaired) electrons. The molecule has 2 aromatic carbocycles. The second kappa shape index (κ2) is 5.81. The first kappa shape index (κ1) is 17.4. The van der Waals surface area contributed by atoms with Crippen molar-refractivity contribution in [3.8, 4) is 0 Å². The van der Waals surface area contributed by atoms with E-state index < -0.39 is 0 Å². The molecular formula is C26H27NO2. The summed E-state index contributed by atoms with van der Waals surface area (Å²) in [5, 5.41) is 0. The van der Waals surface area contributed by atoms with Crippen molar-refractivity contribution >= 4 is 17.5 Å². The standard InChI is InChI=1S/C26H27NO2/c1-15-5-16(2)7-21(6-15)27-24(28)22-4-3-20(11-23(22)25(27)29)26-12-17-8-18(13-26)10-19(9-17)14-26/h3-7,11,17-19H,8-10,12-14H2,1-2H3. The third kappa shape index (κ3) is 2.49. The molecule has 4 aliphatic carbocycles. The van der Waals surface area contributed by atoms with E-state index >= 15 is 0 Å². The summed E-state index contributed by atoms with van der Waals surface area (Å²) in [5.41, 5.74) is 5.51. The average molecular weight is 386 g/mol. The molecule has 5 aliphatic rings. The molecule has 4 fully saturated rings. The molecule has 1 heterocycles. The number of nitrogens with zero attached hydrogens (tertiary/aromatic N) is 1. The Balaban J connectivity index is 1.40. The number of hydrogen-bond donors (Lipinski definition) is 0. The minimum atomic E-state index is -0.188. The second-order valence-corrected chi connectivity index (χ2v) is 10.2. The van der Waals surface area contributed by atoms with E-state index in [4.69, 9.17) is 0 Å². The van der Waals surface area contributed by atoms with Crippen LogP contribution in [0.3, 0.4) is 0 Å². The third-order valence-corrected chi connectivity index (χ3v) is 8.00. The lowest BCUT2D eigenvalue weighted by Gasteiger charge is -2.57. The van der Waals surface area contributed by atoms with E-state index in [1.165, 1.54) is 49.0 Å². The molecular weight excluding hydrogens is 358 g/mol. The van der Waals surface area contributed by atoms with Crippen LogP contribution in [0.5, 0.6) is 0 Å². The van der Waals surface area contributed by atoms with Crippen molar-refractivity contribution in [1.82, 2.24) is 0 Å². The van der Waals surface area contributed by atoms with Crippen molar-refractivity contribution in [3.63, 3.8) is 0 Å². The van der Waals surface area contributed by atoms with Gasteiger partial charge in [0.15, 0.2) is 0 Å². The molecule has 0 aromatic heterocycles. The predicted molar refractivity (Wildman–Crippen MR) is 113 cm³/mol. The Labute approximate surface area is 172 Å². The number of anilines is 1. The highest BCUT2D eigenvalue weighted by atomic mass is 16.2. The summed E-state index contributed by atoms with van der Waals surface area (Å²) in [6.45, 7) is 4.00. The summed E-state index contributed by atoms with van der Waals surface area (Å²) in [5.74, 6) is 2.23. The zero-order chi connectivity index (χ0) is 19.9. The lowest BCUT2D eigenvalue weighted by molar-refractivity contribution is -0.00520. The van der Waals surface area contributed by atoms with E-state index in [-0.39, 0.29) is 17.2 Å². The van der Waals surface area contributed by atoms with Crippen LogP contribution < -0.4 is 4.90 Å². The number of carbonyl (C=O) groups is 2. The highest BCUT2D eigenvalue weighted by molar-refractivity contribution is 6.34. The largest absolute Gasteiger partial charge is 0.268 e. The van der Waals surface area contributed by atoms with Gasteiger partial charge in [-0.05, 0) is 116 Å². The van der Waals surface area contributed by atoms with Crippen LogP contribution in [-0.2, 0) is 5.41 Å². The molecule has 7 rings (SSSR count). The number of amides is 2. The van der Waals surface area contributed by atoms with Gasteiger partial charge in [0.25, 0.3) is 11.8 Å². The molecule has 148 valence electrons. The summed E-state index contributed by atoms with van der Waals surface area (Å²) in [6.07, 6.45) is 8.01. The van der Waals surface area contributed by atoms with Crippen molar-refractivity contribution in [2.24, 2.45) is 17.8 Å². The maximum atomic E-state index is 13.3. The highest BCUT2D eigenvalue weighted by Crippen LogP contribution is 2.60. The minimum absolute atomic E-state index is 0.165. The number of imide groups is 1. The van der Waals surface area contributed by atoms with Crippen molar-refractivity contribution in [2.75, 3.05) is 4.90 Å². The van der Waals surface area contributed by atoms with Gasteiger partial charge in [-0.25, -0.2) is 4.90 Å². The number of benzene rings is 2. The maximum Gasteiger partial charge on any atom is 0.266 e. The van der Waals surface area contributed by atoms with Gasteiger partial charge in [-0.2, -0.15) is 0 Å². The molecule has 0 saturated heterocycles. The van der Waals surface area contributed by atoms with Crippen molar-refractivity contribution < 1.29 is 9.59 Å². The zero-order valence-electron chi connectivity index (χ0n) is 17.2. The quantitative estimate of drug-likeness (QED) is 0.634. The van der Waals surface area contributed by atoms with E-state index in [9.17, 15) is 9.59 Å². The van der Waals surface area contributed by atoms with Crippen LogP contribution in [-0.4, -0.2) is 11.8 Å². The molecule has 1 aliphatic heterocycles. The lowest BCUT2D eigenvalue weighted by atomic mass is 9.48. The fraction of sp³-hybridized carbons (Fsp3) is 0.462. The zero-order valence-corrected chi connectivity index (χ0v) is 17.2. The molecule has 4 bridgehead atoms. The second-order valence-electron chi connectivity index (χ2n) is 10.2. The minimum Gasteiger partial charge on any atom is -0.268 e. The van der Waals surface area contributed by atoms with Gasteiger partial charge in [-0.15, -0.1) is 0 Å². The predicted octanol–water partition coefficient (Wildman–Crippen LogP) is 5.57. The van der Waals surface area contributed by atoms with E-state index in [2.05, 4.69) is 18.2 Å². The van der Waals surface area contributed by atoms with Crippen LogP contribution >= 0.6 is 0 Å². The number of fused-ring (bicyclic) bond motifs is 1. The highest BCUT2D eigenvalue weighted by Gasteiger charge is 2.52. The number of rotatable bonds is 2. The van der Waals surface area contributed by atoms with Crippen LogP contribution in [0.1, 0.15) is 75.9 Å². The summed E-state index contributed by atoms with van der Waals surface area (Å²) in [6, 6.07) is 12.1. The van der Waals surface area contributed by atoms with Crippen LogP contribution in [0, 0.1) is 31.6 Å². The lowest BCUT2D eigenvalue weighted by Crippen LogP contribution is -2.48. The van der Waals surface area contributed by atoms with E-state index in [0.717, 1.165) is 28.9 Å². The van der Waals surface area contributed by atoms with Gasteiger partial charge in [-0.1, -0.05) is 12.1 Å². The molecule has 29 heavy (non-hydrogen) atoms. The maximum absolute atomic E-state index is 13.3. The molecule has 0 N–H and O–H groups in total. The van der Waals surface area contributed by atoms with Crippen LogP contribution in [0.2, 0.25) is 0 Å². The fourth-order valence-corrected chi connectivity index (χ4v) is 7.35. The monoisotopic (exact) mass is 385 g/mol. The molecule has 3 heteroatoms. The van der Waals surface area contributed by atoms with Crippen molar-refractivity contribution in [2.45, 2.75) is 57.8 Å². The van der Waals surface area contributed by atoms with Crippen LogP contribution in [0.25, 0.3) is 0 Å². The number of aryl methyl sites for hydroxylation is 2. The molecule has 0 unspecified atom stereocenters. The first-order valence-corrected chi connectivity index (χ1v) is 11.0. The van der Waals surface area contributed by atoms with Gasteiger partial charge in [-0.3, -0.25) is 9.59 Å². The molecule has 4 saturated carbocycles. The van der Waals surface area contributed by atoms with Gasteiger partial charge < -0.3 is 0 Å². The van der Waals surface area contributed by atoms with Gasteiger partial charge in [0.1, 0.15) is 0 Å². The Kier molecular flexibility index (Phi) is 3.49. The Morgan fingerprint density at radius 3 is 1.90 bits per heavy atom. The molecule has 2 aromatic rings. The number of hydrogen-bond acceptors (Lipinski definition) is 2. The smallest absolute Gasteiger partial charge is 0.266 e. The van der Waals surface area contributed by atoms with Gasteiger partial charge in [0, 0.05) is 0 Å². The Morgan fingerprint density at radius 2 is 1.31 bits per heavy atom. The SMILES string of the molecule is Cc1cc(C)cc(N2C(=O)c3ccc(C45CC6CC(CC(C6)C4)C5)cc3C2=O)c1. The van der Waals surface area contributed by atoms with Gasteiger partial charge in [0.2, 0.25) is 0 Å². The van der Waals surface area contributed by atoms with Crippen LogP contribution in [0.15, 0.2) is 36.4 Å². The van der Waals surface area contributed by atoms with Crippen molar-refractivity contribution in [1.29, 1.82) is 0 Å². The summed E-state index contributed by atoms with van der Waals surface area (Å²) in [4.78, 5) is 27.8. The summed E-state index contributed by atoms with van der Waals surface area (Å²) >= 11 is 0. The van der Waals surface area contributed by atoms with Gasteiger partial charge >= 0.3 is 0 Å². The van der Waals surface area contributed by atoms with Crippen molar-refractivity contribution in [3.05, 3.63) is 64.2 Å². The number of carbonyl (C=O) groups excluding carboxylic acids is 2. The normalized spacial score (nSPS) is 32.2. The average Bonchev–Trinajstić information content (AvgIpc) is 2.90. The first-order chi connectivity index (χ1) is 13.9. The Bertz CT molecular complexity index is 1010. The Hall–Kier alpha value is -2.42. The van der Waals surface area contributed by atoms with E-state index in [1.807, 2.05) is 32.0 Å². The molecule has 0 spiro atoms.